The first-order valence-corrected chi connectivity index (χ1v) is 8.26. The first-order chi connectivity index (χ1) is 10.8. The monoisotopic (exact) mass is 336 g/mol. The summed E-state index contributed by atoms with van der Waals surface area (Å²) >= 11 is 0. The summed E-state index contributed by atoms with van der Waals surface area (Å²) < 4.78 is 5.75. The van der Waals surface area contributed by atoms with Gasteiger partial charge in [0.1, 0.15) is 11.3 Å². The van der Waals surface area contributed by atoms with E-state index in [9.17, 15) is 4.79 Å². The molecule has 3 rings (SSSR count). The molecule has 126 valence electrons. The standard InChI is InChI=1S/C18H24N2O2.ClH/c21-18(6-5-14-7-10-19-11-8-14)20-12-9-16-13-15-3-1-2-4-17(15)22-16;/h1-4,13-14,19H,5-12H2,(H,20,21);1H. The van der Waals surface area contributed by atoms with Crippen LogP contribution in [0.3, 0.4) is 0 Å². The van der Waals surface area contributed by atoms with Crippen molar-refractivity contribution in [1.29, 1.82) is 0 Å². The van der Waals surface area contributed by atoms with Crippen molar-refractivity contribution >= 4 is 29.3 Å². The summed E-state index contributed by atoms with van der Waals surface area (Å²) in [6.45, 7) is 2.83. The highest BCUT2D eigenvalue weighted by Gasteiger charge is 2.14. The number of nitrogens with one attached hydrogen (secondary N) is 2. The van der Waals surface area contributed by atoms with E-state index in [1.807, 2.05) is 24.3 Å². The third kappa shape index (κ3) is 5.26. The lowest BCUT2D eigenvalue weighted by Gasteiger charge is -2.22. The molecule has 4 nitrogen and oxygen atoms in total. The van der Waals surface area contributed by atoms with E-state index >= 15 is 0 Å². The number of carbonyl (C=O) groups excluding carboxylic acids is 1. The van der Waals surface area contributed by atoms with Crippen LogP contribution in [-0.2, 0) is 11.2 Å². The summed E-state index contributed by atoms with van der Waals surface area (Å²) in [4.78, 5) is 11.9. The number of rotatable bonds is 6. The van der Waals surface area contributed by atoms with Crippen LogP contribution in [0.4, 0.5) is 0 Å². The van der Waals surface area contributed by atoms with Gasteiger partial charge in [-0.25, -0.2) is 0 Å². The van der Waals surface area contributed by atoms with Crippen molar-refractivity contribution in [3.05, 3.63) is 36.1 Å². The zero-order chi connectivity index (χ0) is 15.2. The molecule has 1 aliphatic heterocycles. The van der Waals surface area contributed by atoms with E-state index in [0.717, 1.165) is 42.7 Å². The number of piperidine rings is 1. The lowest BCUT2D eigenvalue weighted by Crippen LogP contribution is -2.30. The van der Waals surface area contributed by atoms with E-state index in [1.165, 1.54) is 12.8 Å². The van der Waals surface area contributed by atoms with Crippen LogP contribution in [0.15, 0.2) is 34.7 Å². The second-order valence-electron chi connectivity index (χ2n) is 6.08. The maximum absolute atomic E-state index is 11.9. The van der Waals surface area contributed by atoms with Crippen LogP contribution in [0.1, 0.15) is 31.4 Å². The molecule has 5 heteroatoms. The number of para-hydroxylation sites is 1. The van der Waals surface area contributed by atoms with Crippen molar-refractivity contribution in [1.82, 2.24) is 10.6 Å². The highest BCUT2D eigenvalue weighted by Crippen LogP contribution is 2.19. The summed E-state index contributed by atoms with van der Waals surface area (Å²) in [5.41, 5.74) is 0.912. The normalized spacial score (nSPS) is 15.3. The number of fused-ring (bicyclic) bond motifs is 1. The molecule has 1 saturated heterocycles. The number of furan rings is 1. The minimum Gasteiger partial charge on any atom is -0.461 e. The molecule has 1 aliphatic rings. The fourth-order valence-corrected chi connectivity index (χ4v) is 3.08. The van der Waals surface area contributed by atoms with E-state index in [2.05, 4.69) is 16.7 Å². The largest absolute Gasteiger partial charge is 0.461 e. The highest BCUT2D eigenvalue weighted by molar-refractivity contribution is 5.85. The van der Waals surface area contributed by atoms with Crippen LogP contribution in [0.2, 0.25) is 0 Å². The van der Waals surface area contributed by atoms with Crippen molar-refractivity contribution in [2.45, 2.75) is 32.1 Å². The molecule has 0 aliphatic carbocycles. The first kappa shape index (κ1) is 17.8. The minimum atomic E-state index is 0. The summed E-state index contributed by atoms with van der Waals surface area (Å²) in [6, 6.07) is 10.0. The smallest absolute Gasteiger partial charge is 0.220 e. The molecule has 0 atom stereocenters. The van der Waals surface area contributed by atoms with Gasteiger partial charge in [0.25, 0.3) is 0 Å². The van der Waals surface area contributed by atoms with Gasteiger partial charge in [-0.05, 0) is 50.4 Å². The van der Waals surface area contributed by atoms with Crippen molar-refractivity contribution in [3.8, 4) is 0 Å². The van der Waals surface area contributed by atoms with Crippen LogP contribution >= 0.6 is 12.4 Å². The van der Waals surface area contributed by atoms with Crippen LogP contribution < -0.4 is 10.6 Å². The second-order valence-corrected chi connectivity index (χ2v) is 6.08. The zero-order valence-corrected chi connectivity index (χ0v) is 14.2. The fourth-order valence-electron chi connectivity index (χ4n) is 3.08. The van der Waals surface area contributed by atoms with Crippen LogP contribution in [-0.4, -0.2) is 25.5 Å². The molecule has 23 heavy (non-hydrogen) atoms. The molecule has 1 amide bonds. The molecule has 0 radical (unpaired) electrons. The Labute approximate surface area is 143 Å². The topological polar surface area (TPSA) is 54.3 Å². The molecule has 1 aromatic heterocycles. The van der Waals surface area contributed by atoms with Crippen molar-refractivity contribution in [2.75, 3.05) is 19.6 Å². The Kier molecular flexibility index (Phi) is 6.93. The molecule has 2 heterocycles. The Morgan fingerprint density at radius 2 is 2.04 bits per heavy atom. The van der Waals surface area contributed by atoms with Crippen molar-refractivity contribution in [2.24, 2.45) is 5.92 Å². The Bertz CT molecular complexity index is 587. The van der Waals surface area contributed by atoms with E-state index < -0.39 is 0 Å². The lowest BCUT2D eigenvalue weighted by molar-refractivity contribution is -0.121. The Balaban J connectivity index is 0.00000192. The quantitative estimate of drug-likeness (QED) is 0.851. The van der Waals surface area contributed by atoms with E-state index in [-0.39, 0.29) is 18.3 Å². The Hall–Kier alpha value is -1.52. The predicted molar refractivity (Wildman–Crippen MR) is 95.0 cm³/mol. The average Bonchev–Trinajstić information content (AvgIpc) is 2.96. The maximum Gasteiger partial charge on any atom is 0.220 e. The van der Waals surface area contributed by atoms with Gasteiger partial charge in [-0.3, -0.25) is 4.79 Å². The van der Waals surface area contributed by atoms with Gasteiger partial charge in [-0.2, -0.15) is 0 Å². The van der Waals surface area contributed by atoms with Crippen LogP contribution in [0, 0.1) is 5.92 Å². The third-order valence-corrected chi connectivity index (χ3v) is 4.41. The van der Waals surface area contributed by atoms with Crippen LogP contribution in [0.25, 0.3) is 11.0 Å². The molecule has 0 saturated carbocycles. The summed E-state index contributed by atoms with van der Waals surface area (Å²) in [7, 11) is 0. The summed E-state index contributed by atoms with van der Waals surface area (Å²) in [5.74, 6) is 1.80. The Morgan fingerprint density at radius 1 is 1.26 bits per heavy atom. The van der Waals surface area contributed by atoms with Gasteiger partial charge in [0.05, 0.1) is 0 Å². The minimum absolute atomic E-state index is 0. The number of halogens is 1. The number of hydrogen-bond acceptors (Lipinski definition) is 3. The molecule has 0 spiro atoms. The summed E-state index contributed by atoms with van der Waals surface area (Å²) in [5, 5.41) is 7.48. The zero-order valence-electron chi connectivity index (χ0n) is 13.3. The van der Waals surface area contributed by atoms with Crippen molar-refractivity contribution < 1.29 is 9.21 Å². The van der Waals surface area contributed by atoms with Gasteiger partial charge < -0.3 is 15.1 Å². The molecule has 1 aromatic carbocycles. The number of hydrogen-bond donors (Lipinski definition) is 2. The number of amides is 1. The molecule has 2 N–H and O–H groups in total. The van der Waals surface area contributed by atoms with Gasteiger partial charge in [0, 0.05) is 24.8 Å². The summed E-state index contributed by atoms with van der Waals surface area (Å²) in [6.07, 6.45) is 4.80. The first-order valence-electron chi connectivity index (χ1n) is 8.26. The predicted octanol–water partition coefficient (Wildman–Crippen LogP) is 3.29. The van der Waals surface area contributed by atoms with Crippen molar-refractivity contribution in [3.63, 3.8) is 0 Å². The van der Waals surface area contributed by atoms with E-state index in [4.69, 9.17) is 4.42 Å². The van der Waals surface area contributed by atoms with Crippen LogP contribution in [0.5, 0.6) is 0 Å². The maximum atomic E-state index is 11.9. The fraction of sp³-hybridized carbons (Fsp3) is 0.500. The van der Waals surface area contributed by atoms with Gasteiger partial charge >= 0.3 is 0 Å². The lowest BCUT2D eigenvalue weighted by atomic mass is 9.93. The molecule has 0 unspecified atom stereocenters. The highest BCUT2D eigenvalue weighted by atomic mass is 35.5. The molecule has 0 bridgehead atoms. The molecular weight excluding hydrogens is 312 g/mol. The molecule has 2 aromatic rings. The number of benzene rings is 1. The Morgan fingerprint density at radius 3 is 2.83 bits per heavy atom. The second kappa shape index (κ2) is 8.94. The molecule has 1 fully saturated rings. The van der Waals surface area contributed by atoms with Gasteiger partial charge in [0.2, 0.25) is 5.91 Å². The third-order valence-electron chi connectivity index (χ3n) is 4.41. The van der Waals surface area contributed by atoms with Gasteiger partial charge in [-0.15, -0.1) is 12.4 Å². The average molecular weight is 337 g/mol. The molecular formula is C18H25ClN2O2. The SMILES string of the molecule is Cl.O=C(CCC1CCNCC1)NCCc1cc2ccccc2o1. The van der Waals surface area contributed by atoms with Gasteiger partial charge in [0.15, 0.2) is 0 Å². The van der Waals surface area contributed by atoms with E-state index in [1.54, 1.807) is 0 Å². The number of carbonyl (C=O) groups is 1. The van der Waals surface area contributed by atoms with E-state index in [0.29, 0.717) is 18.9 Å². The van der Waals surface area contributed by atoms with Gasteiger partial charge in [-0.1, -0.05) is 18.2 Å².